The Labute approximate surface area is 215 Å². The molecule has 2 aliphatic heterocycles. The number of thiocarbonyl (C=S) groups is 1. The van der Waals surface area contributed by atoms with Crippen LogP contribution in [-0.4, -0.2) is 67.2 Å². The van der Waals surface area contributed by atoms with Gasteiger partial charge in [0.05, 0.1) is 6.61 Å². The Morgan fingerprint density at radius 1 is 1.03 bits per heavy atom. The van der Waals surface area contributed by atoms with Crippen molar-refractivity contribution < 1.29 is 46.3 Å². The summed E-state index contributed by atoms with van der Waals surface area (Å²) >= 11 is 5.06. The number of alkyl halides is 3. The van der Waals surface area contributed by atoms with Crippen LogP contribution in [0.25, 0.3) is 0 Å². The highest BCUT2D eigenvalue weighted by Gasteiger charge is 2.71. The lowest BCUT2D eigenvalue weighted by atomic mass is 9.88. The standard InChI is InChI=1S/C25H35F3O7S/c1-5-7-14-29-16-24(19(30-15-8-6-2)18-20(35-24)34-23(3,4)33-18)21(25(26,27)28)32-22(36)31-17-12-10-9-11-13-17/h9-13,18-21H,5-8,14-16H2,1-4H3/t18-,19+,20+,21?,24-/m1/s1. The average molecular weight is 537 g/mol. The summed E-state index contributed by atoms with van der Waals surface area (Å²) in [6, 6.07) is 8.18. The van der Waals surface area contributed by atoms with Gasteiger partial charge in [0.1, 0.15) is 18.0 Å². The number of ether oxygens (including phenoxy) is 7. The number of unbranched alkanes of at least 4 members (excludes halogenated alkanes) is 2. The maximum absolute atomic E-state index is 14.7. The molecule has 204 valence electrons. The largest absolute Gasteiger partial charge is 0.440 e. The van der Waals surface area contributed by atoms with E-state index in [0.29, 0.717) is 12.8 Å². The average Bonchev–Trinajstić information content (AvgIpc) is 3.24. The van der Waals surface area contributed by atoms with Gasteiger partial charge < -0.3 is 33.2 Å². The zero-order valence-electron chi connectivity index (χ0n) is 21.0. The second-order valence-electron chi connectivity index (χ2n) is 9.30. The minimum atomic E-state index is -4.92. The van der Waals surface area contributed by atoms with E-state index in [0.717, 1.165) is 12.8 Å². The van der Waals surface area contributed by atoms with Gasteiger partial charge in [-0.3, -0.25) is 0 Å². The van der Waals surface area contributed by atoms with Crippen LogP contribution in [0, 0.1) is 0 Å². The lowest BCUT2D eigenvalue weighted by Crippen LogP contribution is -2.63. The van der Waals surface area contributed by atoms with E-state index in [2.05, 4.69) is 0 Å². The highest BCUT2D eigenvalue weighted by atomic mass is 32.1. The van der Waals surface area contributed by atoms with E-state index in [4.69, 9.17) is 45.4 Å². The van der Waals surface area contributed by atoms with Gasteiger partial charge in [-0.15, -0.1) is 0 Å². The first-order chi connectivity index (χ1) is 17.0. The Morgan fingerprint density at radius 2 is 1.69 bits per heavy atom. The summed E-state index contributed by atoms with van der Waals surface area (Å²) in [7, 11) is 0. The maximum Gasteiger partial charge on any atom is 0.428 e. The Kier molecular flexibility index (Phi) is 9.98. The topological polar surface area (TPSA) is 64.6 Å². The van der Waals surface area contributed by atoms with Crippen LogP contribution in [0.1, 0.15) is 53.4 Å². The van der Waals surface area contributed by atoms with E-state index in [9.17, 15) is 13.2 Å². The van der Waals surface area contributed by atoms with Crippen molar-refractivity contribution in [3.05, 3.63) is 30.3 Å². The van der Waals surface area contributed by atoms with Crippen LogP contribution in [0.3, 0.4) is 0 Å². The molecule has 36 heavy (non-hydrogen) atoms. The lowest BCUT2D eigenvalue weighted by molar-refractivity contribution is -0.317. The monoisotopic (exact) mass is 536 g/mol. The molecule has 1 aromatic rings. The van der Waals surface area contributed by atoms with Gasteiger partial charge in [0.15, 0.2) is 17.7 Å². The lowest BCUT2D eigenvalue weighted by Gasteiger charge is -2.41. The van der Waals surface area contributed by atoms with Crippen molar-refractivity contribution in [2.75, 3.05) is 19.8 Å². The van der Waals surface area contributed by atoms with E-state index in [-0.39, 0.29) is 19.0 Å². The molecule has 11 heteroatoms. The van der Waals surface area contributed by atoms with Crippen molar-refractivity contribution in [3.8, 4) is 5.75 Å². The second kappa shape index (κ2) is 12.4. The van der Waals surface area contributed by atoms with Gasteiger partial charge in [0, 0.05) is 25.4 Å². The summed E-state index contributed by atoms with van der Waals surface area (Å²) in [5.74, 6) is -0.818. The van der Waals surface area contributed by atoms with Crippen molar-refractivity contribution >= 4 is 17.5 Å². The summed E-state index contributed by atoms with van der Waals surface area (Å²) in [5.41, 5.74) is -2.16. The third kappa shape index (κ3) is 7.08. The van der Waals surface area contributed by atoms with E-state index in [1.165, 1.54) is 0 Å². The molecule has 3 rings (SSSR count). The molecule has 1 unspecified atom stereocenters. The Balaban J connectivity index is 1.95. The zero-order valence-corrected chi connectivity index (χ0v) is 21.9. The van der Waals surface area contributed by atoms with Crippen LogP contribution >= 0.6 is 12.2 Å². The molecule has 5 atom stereocenters. The molecular weight excluding hydrogens is 501 g/mol. The molecule has 0 N–H and O–H groups in total. The number of rotatable bonds is 12. The van der Waals surface area contributed by atoms with Crippen molar-refractivity contribution in [3.63, 3.8) is 0 Å². The van der Waals surface area contributed by atoms with Crippen LogP contribution in [-0.2, 0) is 28.4 Å². The van der Waals surface area contributed by atoms with Crippen molar-refractivity contribution in [1.29, 1.82) is 0 Å². The third-order valence-electron chi connectivity index (χ3n) is 5.87. The minimum absolute atomic E-state index is 0.198. The first kappa shape index (κ1) is 29.1. The number of hydrogen-bond acceptors (Lipinski definition) is 8. The van der Waals surface area contributed by atoms with Crippen LogP contribution in [0.15, 0.2) is 30.3 Å². The molecule has 0 spiro atoms. The summed E-state index contributed by atoms with van der Waals surface area (Å²) in [5, 5.41) is -0.702. The fourth-order valence-corrected chi connectivity index (χ4v) is 4.43. The maximum atomic E-state index is 14.7. The number of halogens is 3. The van der Waals surface area contributed by atoms with E-state index in [1.54, 1.807) is 44.2 Å². The van der Waals surface area contributed by atoms with Crippen molar-refractivity contribution in [1.82, 2.24) is 0 Å². The molecule has 1 aromatic carbocycles. The molecular formula is C25H35F3O7S. The smallest absolute Gasteiger partial charge is 0.428 e. The van der Waals surface area contributed by atoms with Gasteiger partial charge in [-0.2, -0.15) is 13.2 Å². The van der Waals surface area contributed by atoms with Gasteiger partial charge in [0.2, 0.25) is 6.10 Å². The number of fused-ring (bicyclic) bond motifs is 1. The van der Waals surface area contributed by atoms with Gasteiger partial charge in [-0.25, -0.2) is 0 Å². The molecule has 0 bridgehead atoms. The third-order valence-corrected chi connectivity index (χ3v) is 6.05. The highest BCUT2D eigenvalue weighted by molar-refractivity contribution is 7.79. The number of para-hydroxylation sites is 1. The minimum Gasteiger partial charge on any atom is -0.440 e. The van der Waals surface area contributed by atoms with Crippen LogP contribution in [0.5, 0.6) is 5.75 Å². The Hall–Kier alpha value is -1.50. The van der Waals surface area contributed by atoms with E-state index in [1.807, 2.05) is 13.8 Å². The zero-order chi connectivity index (χ0) is 26.4. The van der Waals surface area contributed by atoms with Crippen LogP contribution in [0.4, 0.5) is 13.2 Å². The summed E-state index contributed by atoms with van der Waals surface area (Å²) in [6.07, 6.45) is -7.84. The molecule has 0 aliphatic carbocycles. The molecule has 2 fully saturated rings. The molecule has 2 aliphatic rings. The van der Waals surface area contributed by atoms with Gasteiger partial charge in [-0.1, -0.05) is 44.9 Å². The summed E-state index contributed by atoms with van der Waals surface area (Å²) in [4.78, 5) is 0. The van der Waals surface area contributed by atoms with E-state index < -0.39 is 54.0 Å². The molecule has 2 heterocycles. The van der Waals surface area contributed by atoms with Gasteiger partial charge >= 0.3 is 11.4 Å². The molecule has 0 radical (unpaired) electrons. The molecule has 0 amide bonds. The molecule has 0 aromatic heterocycles. The summed E-state index contributed by atoms with van der Waals surface area (Å²) in [6.45, 7) is 7.21. The predicted molar refractivity (Wildman–Crippen MR) is 129 cm³/mol. The van der Waals surface area contributed by atoms with Gasteiger partial charge in [-0.05, 0) is 38.8 Å². The van der Waals surface area contributed by atoms with Gasteiger partial charge in [0.25, 0.3) is 0 Å². The normalized spacial score (nSPS) is 28.0. The van der Waals surface area contributed by atoms with E-state index >= 15 is 0 Å². The molecule has 7 nitrogen and oxygen atoms in total. The molecule has 0 saturated carbocycles. The number of hydrogen-bond donors (Lipinski definition) is 0. The first-order valence-corrected chi connectivity index (χ1v) is 12.7. The Morgan fingerprint density at radius 3 is 2.33 bits per heavy atom. The molecule has 2 saturated heterocycles. The van der Waals surface area contributed by atoms with Crippen LogP contribution in [0.2, 0.25) is 0 Å². The van der Waals surface area contributed by atoms with Crippen molar-refractivity contribution in [2.24, 2.45) is 0 Å². The quantitative estimate of drug-likeness (QED) is 0.255. The number of benzene rings is 1. The highest BCUT2D eigenvalue weighted by Crippen LogP contribution is 2.49. The first-order valence-electron chi connectivity index (χ1n) is 12.3. The Bertz CT molecular complexity index is 839. The second-order valence-corrected chi connectivity index (χ2v) is 9.63. The van der Waals surface area contributed by atoms with Crippen LogP contribution < -0.4 is 4.74 Å². The SMILES string of the molecule is CCCCOC[C@@]1(C(OC(=S)Oc2ccccc2)C(F)(F)F)O[C@@H]2OC(C)(C)O[C@@H]2[C@@H]1OCCCC. The van der Waals surface area contributed by atoms with Crippen molar-refractivity contribution in [2.45, 2.75) is 95.5 Å². The predicted octanol–water partition coefficient (Wildman–Crippen LogP) is 5.55. The fraction of sp³-hybridized carbons (Fsp3) is 0.720. The summed E-state index contributed by atoms with van der Waals surface area (Å²) < 4.78 is 84.2. The fourth-order valence-electron chi connectivity index (χ4n) is 4.23.